The van der Waals surface area contributed by atoms with E-state index in [1.165, 1.54) is 4.31 Å². The number of amides is 2. The summed E-state index contributed by atoms with van der Waals surface area (Å²) in [4.78, 5) is 28.3. The van der Waals surface area contributed by atoms with Crippen molar-refractivity contribution in [2.45, 2.75) is 46.5 Å². The number of hydrogen-bond acceptors (Lipinski definition) is 5. The molecule has 2 fully saturated rings. The first-order valence-corrected chi connectivity index (χ1v) is 12.0. The molecule has 162 valence electrons. The molecule has 9 heteroatoms. The minimum absolute atomic E-state index is 0.0841. The van der Waals surface area contributed by atoms with E-state index in [-0.39, 0.29) is 23.7 Å². The van der Waals surface area contributed by atoms with Crippen molar-refractivity contribution in [1.82, 2.24) is 14.1 Å². The van der Waals surface area contributed by atoms with Crippen molar-refractivity contribution < 1.29 is 22.7 Å². The summed E-state index contributed by atoms with van der Waals surface area (Å²) in [6.45, 7) is 9.17. The summed E-state index contributed by atoms with van der Waals surface area (Å²) in [5, 5.41) is 0. The fraction of sp³-hybridized carbons (Fsp3) is 0.895. The van der Waals surface area contributed by atoms with Crippen LogP contribution in [0.15, 0.2) is 0 Å². The molecule has 0 unspecified atom stereocenters. The maximum absolute atomic E-state index is 12.8. The molecule has 28 heavy (non-hydrogen) atoms. The summed E-state index contributed by atoms with van der Waals surface area (Å²) < 4.78 is 31.4. The van der Waals surface area contributed by atoms with Crippen molar-refractivity contribution in [1.29, 1.82) is 0 Å². The molecule has 0 spiro atoms. The van der Waals surface area contributed by atoms with Gasteiger partial charge in [0, 0.05) is 45.2 Å². The van der Waals surface area contributed by atoms with Gasteiger partial charge in [0.25, 0.3) is 0 Å². The molecule has 0 bridgehead atoms. The average molecular weight is 418 g/mol. The Labute approximate surface area is 169 Å². The van der Waals surface area contributed by atoms with E-state index in [1.807, 2.05) is 20.8 Å². The van der Waals surface area contributed by atoms with Crippen molar-refractivity contribution in [2.24, 2.45) is 11.8 Å². The van der Waals surface area contributed by atoms with Crippen LogP contribution in [-0.2, 0) is 19.6 Å². The number of carbonyl (C=O) groups excluding carboxylic acids is 2. The van der Waals surface area contributed by atoms with Gasteiger partial charge in [0.2, 0.25) is 15.9 Å². The van der Waals surface area contributed by atoms with Gasteiger partial charge in [-0.25, -0.2) is 17.5 Å². The van der Waals surface area contributed by atoms with Crippen molar-refractivity contribution in [2.75, 3.05) is 51.6 Å². The Morgan fingerprint density at radius 1 is 1.00 bits per heavy atom. The number of carbonyl (C=O) groups is 2. The SMILES string of the molecule is CCCCS(=O)(=O)N1CCC(C(=O)N2CCN(C(=O)OCC(C)C)CC2)CC1. The lowest BCUT2D eigenvalue weighted by atomic mass is 9.96. The summed E-state index contributed by atoms with van der Waals surface area (Å²) in [5.74, 6) is 0.443. The van der Waals surface area contributed by atoms with Crippen LogP contribution < -0.4 is 0 Å². The highest BCUT2D eigenvalue weighted by atomic mass is 32.2. The number of piperazine rings is 1. The molecule has 0 atom stereocenters. The molecule has 2 saturated heterocycles. The van der Waals surface area contributed by atoms with Gasteiger partial charge in [-0.05, 0) is 25.2 Å². The number of sulfonamides is 1. The van der Waals surface area contributed by atoms with Gasteiger partial charge in [-0.15, -0.1) is 0 Å². The van der Waals surface area contributed by atoms with Gasteiger partial charge in [0.05, 0.1) is 12.4 Å². The van der Waals surface area contributed by atoms with Gasteiger partial charge < -0.3 is 14.5 Å². The van der Waals surface area contributed by atoms with Gasteiger partial charge in [-0.2, -0.15) is 0 Å². The smallest absolute Gasteiger partial charge is 0.409 e. The molecule has 0 saturated carbocycles. The lowest BCUT2D eigenvalue weighted by molar-refractivity contribution is -0.138. The van der Waals surface area contributed by atoms with E-state index in [2.05, 4.69) is 0 Å². The van der Waals surface area contributed by atoms with E-state index < -0.39 is 10.0 Å². The molecule has 0 aliphatic carbocycles. The first-order chi connectivity index (χ1) is 13.2. The van der Waals surface area contributed by atoms with E-state index in [4.69, 9.17) is 4.74 Å². The van der Waals surface area contributed by atoms with E-state index in [9.17, 15) is 18.0 Å². The highest BCUT2D eigenvalue weighted by Crippen LogP contribution is 2.23. The first-order valence-electron chi connectivity index (χ1n) is 10.4. The summed E-state index contributed by atoms with van der Waals surface area (Å²) in [6, 6.07) is 0. The average Bonchev–Trinajstić information content (AvgIpc) is 2.70. The summed E-state index contributed by atoms with van der Waals surface area (Å²) in [7, 11) is -3.20. The molecule has 0 aromatic heterocycles. The number of unbranched alkanes of at least 4 members (excludes halogenated alkanes) is 1. The topological polar surface area (TPSA) is 87.2 Å². The molecule has 2 rings (SSSR count). The normalized spacial score (nSPS) is 19.9. The fourth-order valence-electron chi connectivity index (χ4n) is 3.53. The van der Waals surface area contributed by atoms with Crippen LogP contribution in [0.2, 0.25) is 0 Å². The van der Waals surface area contributed by atoms with Crippen molar-refractivity contribution >= 4 is 22.0 Å². The van der Waals surface area contributed by atoms with Crippen LogP contribution >= 0.6 is 0 Å². The molecule has 0 radical (unpaired) electrons. The second kappa shape index (κ2) is 10.4. The van der Waals surface area contributed by atoms with Crippen molar-refractivity contribution in [3.63, 3.8) is 0 Å². The summed E-state index contributed by atoms with van der Waals surface area (Å²) in [5.41, 5.74) is 0. The van der Waals surface area contributed by atoms with Crippen LogP contribution in [0.3, 0.4) is 0 Å². The number of rotatable bonds is 7. The molecule has 2 aliphatic rings. The molecule has 0 N–H and O–H groups in total. The molecule has 0 aromatic rings. The number of ether oxygens (including phenoxy) is 1. The highest BCUT2D eigenvalue weighted by molar-refractivity contribution is 7.89. The Kier molecular flexibility index (Phi) is 8.55. The third kappa shape index (κ3) is 6.34. The van der Waals surface area contributed by atoms with Crippen molar-refractivity contribution in [3.8, 4) is 0 Å². The molecular formula is C19H35N3O5S. The van der Waals surface area contributed by atoms with Gasteiger partial charge in [-0.3, -0.25) is 4.79 Å². The Morgan fingerprint density at radius 2 is 1.57 bits per heavy atom. The fourth-order valence-corrected chi connectivity index (χ4v) is 5.21. The standard InChI is InChI=1S/C19H35N3O5S/c1-4-5-14-28(25,26)22-8-6-17(7-9-22)18(23)20-10-12-21(13-11-20)19(24)27-15-16(2)3/h16-17H,4-15H2,1-3H3. The van der Waals surface area contributed by atoms with Gasteiger partial charge in [-0.1, -0.05) is 27.2 Å². The second-order valence-corrected chi connectivity index (χ2v) is 10.2. The largest absolute Gasteiger partial charge is 0.449 e. The van der Waals surface area contributed by atoms with Crippen LogP contribution in [0.25, 0.3) is 0 Å². The zero-order valence-corrected chi connectivity index (χ0v) is 18.2. The minimum atomic E-state index is -3.20. The Morgan fingerprint density at radius 3 is 2.11 bits per heavy atom. The van der Waals surface area contributed by atoms with Gasteiger partial charge >= 0.3 is 6.09 Å². The molecule has 8 nitrogen and oxygen atoms in total. The van der Waals surface area contributed by atoms with Gasteiger partial charge in [0.1, 0.15) is 0 Å². The van der Waals surface area contributed by atoms with E-state index in [1.54, 1.807) is 9.80 Å². The van der Waals surface area contributed by atoms with Crippen LogP contribution in [0.5, 0.6) is 0 Å². The maximum Gasteiger partial charge on any atom is 0.409 e. The third-order valence-electron chi connectivity index (χ3n) is 5.34. The van der Waals surface area contributed by atoms with E-state index in [0.29, 0.717) is 71.1 Å². The third-order valence-corrected chi connectivity index (χ3v) is 7.30. The van der Waals surface area contributed by atoms with Crippen LogP contribution in [0, 0.1) is 11.8 Å². The lowest BCUT2D eigenvalue weighted by Gasteiger charge is -2.38. The van der Waals surface area contributed by atoms with E-state index in [0.717, 1.165) is 6.42 Å². The maximum atomic E-state index is 12.8. The Bertz CT molecular complexity index is 621. The zero-order valence-electron chi connectivity index (χ0n) is 17.4. The minimum Gasteiger partial charge on any atom is -0.449 e. The van der Waals surface area contributed by atoms with Crippen LogP contribution in [-0.4, -0.2) is 86.2 Å². The first kappa shape index (κ1) is 22.9. The lowest BCUT2D eigenvalue weighted by Crippen LogP contribution is -2.53. The summed E-state index contributed by atoms with van der Waals surface area (Å²) in [6.07, 6.45) is 2.35. The number of hydrogen-bond donors (Lipinski definition) is 0. The van der Waals surface area contributed by atoms with Crippen molar-refractivity contribution in [3.05, 3.63) is 0 Å². The van der Waals surface area contributed by atoms with Crippen LogP contribution in [0.4, 0.5) is 4.79 Å². The molecule has 2 heterocycles. The second-order valence-electron chi connectivity index (χ2n) is 8.13. The predicted molar refractivity (Wildman–Crippen MR) is 107 cm³/mol. The Balaban J connectivity index is 1.76. The molecular weight excluding hydrogens is 382 g/mol. The molecule has 2 amide bonds. The number of piperidine rings is 1. The van der Waals surface area contributed by atoms with Crippen LogP contribution in [0.1, 0.15) is 46.5 Å². The molecule has 2 aliphatic heterocycles. The van der Waals surface area contributed by atoms with Gasteiger partial charge in [0.15, 0.2) is 0 Å². The Hall–Kier alpha value is -1.35. The molecule has 0 aromatic carbocycles. The zero-order chi connectivity index (χ0) is 20.7. The number of nitrogens with zero attached hydrogens (tertiary/aromatic N) is 3. The highest BCUT2D eigenvalue weighted by Gasteiger charge is 2.34. The van der Waals surface area contributed by atoms with E-state index >= 15 is 0 Å². The monoisotopic (exact) mass is 417 g/mol. The predicted octanol–water partition coefficient (Wildman–Crippen LogP) is 1.77. The summed E-state index contributed by atoms with van der Waals surface area (Å²) >= 11 is 0. The quantitative estimate of drug-likeness (QED) is 0.630.